The van der Waals surface area contributed by atoms with Crippen molar-refractivity contribution in [3.8, 4) is 17.0 Å². The van der Waals surface area contributed by atoms with E-state index in [2.05, 4.69) is 9.72 Å². The van der Waals surface area contributed by atoms with Gasteiger partial charge in [-0.25, -0.2) is 9.69 Å². The third kappa shape index (κ3) is 4.66. The van der Waals surface area contributed by atoms with Gasteiger partial charge in [0, 0.05) is 18.3 Å². The molecule has 4 rings (SSSR count). The van der Waals surface area contributed by atoms with Crippen molar-refractivity contribution in [1.82, 2.24) is 9.88 Å². The summed E-state index contributed by atoms with van der Waals surface area (Å²) in [5.41, 5.74) is 2.64. The summed E-state index contributed by atoms with van der Waals surface area (Å²) in [6.07, 6.45) is -3.18. The lowest BCUT2D eigenvalue weighted by Crippen LogP contribution is -2.32. The van der Waals surface area contributed by atoms with E-state index in [1.54, 1.807) is 12.3 Å². The zero-order valence-corrected chi connectivity index (χ0v) is 16.0. The van der Waals surface area contributed by atoms with Crippen LogP contribution in [-0.2, 0) is 11.3 Å². The molecule has 0 atom stereocenters. The Morgan fingerprint density at radius 1 is 0.968 bits per heavy atom. The molecule has 2 aromatic carbocycles. The lowest BCUT2D eigenvalue weighted by molar-refractivity contribution is -0.274. The topological polar surface area (TPSA) is 62.7 Å². The second kappa shape index (κ2) is 8.10. The van der Waals surface area contributed by atoms with Crippen molar-refractivity contribution in [3.05, 3.63) is 78.5 Å². The third-order valence-electron chi connectivity index (χ3n) is 4.63. The Morgan fingerprint density at radius 3 is 2.35 bits per heavy atom. The number of ether oxygens (including phenoxy) is 1. The Labute approximate surface area is 175 Å². The summed E-state index contributed by atoms with van der Waals surface area (Å²) in [6, 6.07) is 17.2. The van der Waals surface area contributed by atoms with E-state index in [-0.39, 0.29) is 18.8 Å². The molecule has 0 aliphatic carbocycles. The van der Waals surface area contributed by atoms with Crippen molar-refractivity contribution in [2.75, 3.05) is 11.4 Å². The maximum absolute atomic E-state index is 12.8. The van der Waals surface area contributed by atoms with E-state index in [4.69, 9.17) is 0 Å². The molecule has 1 aliphatic rings. The predicted molar refractivity (Wildman–Crippen MR) is 106 cm³/mol. The molecule has 1 fully saturated rings. The number of pyridine rings is 1. The van der Waals surface area contributed by atoms with Gasteiger partial charge < -0.3 is 9.64 Å². The number of rotatable bonds is 5. The number of nitrogens with zero attached hydrogens (tertiary/aromatic N) is 3. The van der Waals surface area contributed by atoms with E-state index in [0.29, 0.717) is 0 Å². The minimum atomic E-state index is -4.82. The maximum Gasteiger partial charge on any atom is 0.573 e. The molecule has 0 radical (unpaired) electrons. The van der Waals surface area contributed by atoms with Crippen LogP contribution < -0.4 is 9.64 Å². The highest BCUT2D eigenvalue weighted by molar-refractivity contribution is 6.19. The SMILES string of the molecule is O=C1CN(Cc2ccnc(-c3ccccc3)c2)C(=O)N1c1ccc(OC(F)(F)F)cc1. The highest BCUT2D eigenvalue weighted by Gasteiger charge is 2.37. The molecule has 2 heterocycles. The number of halogens is 3. The largest absolute Gasteiger partial charge is 0.573 e. The number of benzene rings is 2. The van der Waals surface area contributed by atoms with Crippen LogP contribution in [0.5, 0.6) is 5.75 Å². The van der Waals surface area contributed by atoms with Crippen molar-refractivity contribution in [2.24, 2.45) is 0 Å². The van der Waals surface area contributed by atoms with E-state index in [1.807, 2.05) is 36.4 Å². The summed E-state index contributed by atoms with van der Waals surface area (Å²) in [5.74, 6) is -0.899. The van der Waals surface area contributed by atoms with Crippen LogP contribution in [0.25, 0.3) is 11.3 Å². The first-order chi connectivity index (χ1) is 14.8. The van der Waals surface area contributed by atoms with Crippen molar-refractivity contribution in [1.29, 1.82) is 0 Å². The van der Waals surface area contributed by atoms with Crippen LogP contribution in [0.3, 0.4) is 0 Å². The number of hydrogen-bond donors (Lipinski definition) is 0. The van der Waals surface area contributed by atoms with Gasteiger partial charge >= 0.3 is 12.4 Å². The van der Waals surface area contributed by atoms with Gasteiger partial charge in [0.25, 0.3) is 5.91 Å². The molecule has 0 bridgehead atoms. The average molecular weight is 427 g/mol. The third-order valence-corrected chi connectivity index (χ3v) is 4.63. The number of urea groups is 1. The summed E-state index contributed by atoms with van der Waals surface area (Å²) in [4.78, 5) is 31.9. The van der Waals surface area contributed by atoms with Gasteiger partial charge in [-0.1, -0.05) is 30.3 Å². The normalized spacial score (nSPS) is 14.3. The fourth-order valence-corrected chi connectivity index (χ4v) is 3.28. The van der Waals surface area contributed by atoms with Crippen LogP contribution >= 0.6 is 0 Å². The minimum absolute atomic E-state index is 0.136. The number of aromatic nitrogens is 1. The Morgan fingerprint density at radius 2 is 1.68 bits per heavy atom. The molecule has 9 heteroatoms. The molecule has 158 valence electrons. The lowest BCUT2D eigenvalue weighted by atomic mass is 10.1. The van der Waals surface area contributed by atoms with Crippen molar-refractivity contribution in [2.45, 2.75) is 12.9 Å². The predicted octanol–water partition coefficient (Wildman–Crippen LogP) is 4.62. The standard InChI is InChI=1S/C22H16F3N3O3/c23-22(24,25)31-18-8-6-17(7-9-18)28-20(29)14-27(21(28)30)13-15-10-11-26-19(12-15)16-4-2-1-3-5-16/h1-12H,13-14H2. The molecule has 1 aliphatic heterocycles. The fraction of sp³-hybridized carbons (Fsp3) is 0.136. The molecule has 31 heavy (non-hydrogen) atoms. The van der Waals surface area contributed by atoms with Crippen molar-refractivity contribution >= 4 is 17.6 Å². The molecule has 1 saturated heterocycles. The highest BCUT2D eigenvalue weighted by atomic mass is 19.4. The molecular weight excluding hydrogens is 411 g/mol. The van der Waals surface area contributed by atoms with Gasteiger partial charge in [-0.05, 0) is 42.0 Å². The van der Waals surface area contributed by atoms with E-state index in [0.717, 1.165) is 33.9 Å². The van der Waals surface area contributed by atoms with Gasteiger partial charge in [0.15, 0.2) is 0 Å². The number of alkyl halides is 3. The van der Waals surface area contributed by atoms with Gasteiger partial charge in [-0.15, -0.1) is 13.2 Å². The second-order valence-electron chi connectivity index (χ2n) is 6.82. The van der Waals surface area contributed by atoms with Crippen LogP contribution in [0.15, 0.2) is 72.9 Å². The van der Waals surface area contributed by atoms with E-state index >= 15 is 0 Å². The van der Waals surface area contributed by atoms with Crippen LogP contribution in [-0.4, -0.2) is 34.7 Å². The number of carbonyl (C=O) groups is 2. The average Bonchev–Trinajstić information content (AvgIpc) is 3.01. The number of carbonyl (C=O) groups excluding carboxylic acids is 2. The Kier molecular flexibility index (Phi) is 5.33. The molecule has 0 N–H and O–H groups in total. The number of amides is 3. The van der Waals surface area contributed by atoms with Crippen molar-refractivity contribution < 1.29 is 27.5 Å². The Balaban J connectivity index is 1.49. The first kappa shape index (κ1) is 20.4. The van der Waals surface area contributed by atoms with Gasteiger partial charge in [0.2, 0.25) is 0 Å². The van der Waals surface area contributed by atoms with E-state index < -0.39 is 24.1 Å². The Bertz CT molecular complexity index is 1100. The molecule has 3 amide bonds. The molecule has 1 aromatic heterocycles. The molecule has 0 unspecified atom stereocenters. The minimum Gasteiger partial charge on any atom is -0.406 e. The molecular formula is C22H16F3N3O3. The van der Waals surface area contributed by atoms with Crippen molar-refractivity contribution in [3.63, 3.8) is 0 Å². The zero-order chi connectivity index (χ0) is 22.0. The monoisotopic (exact) mass is 427 g/mol. The van der Waals surface area contributed by atoms with Gasteiger partial charge in [0.05, 0.1) is 11.4 Å². The summed E-state index contributed by atoms with van der Waals surface area (Å²) < 4.78 is 40.7. The van der Waals surface area contributed by atoms with Gasteiger partial charge in [-0.2, -0.15) is 0 Å². The molecule has 6 nitrogen and oxygen atoms in total. The number of anilines is 1. The highest BCUT2D eigenvalue weighted by Crippen LogP contribution is 2.28. The molecule has 0 saturated carbocycles. The van der Waals surface area contributed by atoms with E-state index in [9.17, 15) is 22.8 Å². The summed E-state index contributed by atoms with van der Waals surface area (Å²) in [7, 11) is 0. The first-order valence-corrected chi connectivity index (χ1v) is 9.28. The van der Waals surface area contributed by atoms with Crippen LogP contribution in [0.2, 0.25) is 0 Å². The Hall–Kier alpha value is -3.88. The molecule has 3 aromatic rings. The van der Waals surface area contributed by atoms with Crippen LogP contribution in [0.4, 0.5) is 23.7 Å². The summed E-state index contributed by atoms with van der Waals surface area (Å²) >= 11 is 0. The fourth-order valence-electron chi connectivity index (χ4n) is 3.28. The second-order valence-corrected chi connectivity index (χ2v) is 6.82. The summed E-state index contributed by atoms with van der Waals surface area (Å²) in [6.45, 7) is 0.0569. The summed E-state index contributed by atoms with van der Waals surface area (Å²) in [5, 5.41) is 0. The number of imide groups is 1. The van der Waals surface area contributed by atoms with Crippen LogP contribution in [0, 0.1) is 0 Å². The van der Waals surface area contributed by atoms with Gasteiger partial charge in [-0.3, -0.25) is 9.78 Å². The van der Waals surface area contributed by atoms with Gasteiger partial charge in [0.1, 0.15) is 12.3 Å². The van der Waals surface area contributed by atoms with Crippen LogP contribution in [0.1, 0.15) is 5.56 Å². The first-order valence-electron chi connectivity index (χ1n) is 9.28. The van der Waals surface area contributed by atoms with E-state index in [1.165, 1.54) is 17.0 Å². The molecule has 0 spiro atoms. The zero-order valence-electron chi connectivity index (χ0n) is 16.0. The quantitative estimate of drug-likeness (QED) is 0.558. The smallest absolute Gasteiger partial charge is 0.406 e. The maximum atomic E-state index is 12.8. The lowest BCUT2D eigenvalue weighted by Gasteiger charge is -2.18. The number of hydrogen-bond acceptors (Lipinski definition) is 4.